The Bertz CT molecular complexity index is 839. The molecular formula is C19H16N2O2. The Labute approximate surface area is 134 Å². The summed E-state index contributed by atoms with van der Waals surface area (Å²) in [5, 5.41) is 9.37. The largest absolute Gasteiger partial charge is 0.478 e. The van der Waals surface area contributed by atoms with E-state index < -0.39 is 5.97 Å². The summed E-state index contributed by atoms with van der Waals surface area (Å²) >= 11 is 0. The molecule has 3 aliphatic rings. The number of fused-ring (bicyclic) bond motifs is 2. The van der Waals surface area contributed by atoms with Gasteiger partial charge in [-0.15, -0.1) is 6.42 Å². The van der Waals surface area contributed by atoms with Crippen LogP contribution in [0.1, 0.15) is 27.9 Å². The van der Waals surface area contributed by atoms with Crippen LogP contribution in [-0.4, -0.2) is 17.6 Å². The number of rotatable bonds is 2. The Hall–Kier alpha value is -2.77. The predicted molar refractivity (Wildman–Crippen MR) is 88.2 cm³/mol. The molecule has 0 spiro atoms. The Morgan fingerprint density at radius 1 is 1.35 bits per heavy atom. The second-order valence-corrected chi connectivity index (χ2v) is 6.06. The summed E-state index contributed by atoms with van der Waals surface area (Å²) in [6.45, 7) is 0.917. The van der Waals surface area contributed by atoms with Crippen molar-refractivity contribution in [2.45, 2.75) is 6.42 Å². The summed E-state index contributed by atoms with van der Waals surface area (Å²) in [6.07, 6.45) is 13.0. The molecule has 4 nitrogen and oxygen atoms in total. The molecule has 4 rings (SSSR count). The first-order valence-electron chi connectivity index (χ1n) is 7.64. The molecule has 0 saturated carbocycles. The zero-order chi connectivity index (χ0) is 16.0. The van der Waals surface area contributed by atoms with E-state index in [1.807, 2.05) is 6.07 Å². The lowest BCUT2D eigenvalue weighted by atomic mass is 9.77. The molecule has 2 atom stereocenters. The van der Waals surface area contributed by atoms with E-state index in [1.54, 1.807) is 12.1 Å². The average Bonchev–Trinajstić information content (AvgIpc) is 3.17. The number of nitrogens with one attached hydrogen (secondary N) is 2. The zero-order valence-corrected chi connectivity index (χ0v) is 12.5. The molecule has 0 radical (unpaired) electrons. The molecule has 4 heteroatoms. The first-order valence-corrected chi connectivity index (χ1v) is 7.64. The van der Waals surface area contributed by atoms with Crippen LogP contribution in [0.25, 0.3) is 5.57 Å². The van der Waals surface area contributed by atoms with Gasteiger partial charge in [0.2, 0.25) is 0 Å². The number of hydrazine groups is 1. The molecule has 23 heavy (non-hydrogen) atoms. The van der Waals surface area contributed by atoms with Crippen molar-refractivity contribution in [3.8, 4) is 12.3 Å². The molecule has 2 aliphatic carbocycles. The maximum Gasteiger partial charge on any atom is 0.336 e. The number of aromatic carboxylic acids is 1. The lowest BCUT2D eigenvalue weighted by Gasteiger charge is -2.27. The zero-order valence-electron chi connectivity index (χ0n) is 12.5. The van der Waals surface area contributed by atoms with Crippen molar-refractivity contribution in [2.75, 3.05) is 6.54 Å². The molecule has 0 amide bonds. The SMILES string of the molecule is C#Cc1c(C(=O)O)cccc1C1=CC=C2C=C3NNCC3CC21. The van der Waals surface area contributed by atoms with Gasteiger partial charge in [-0.25, -0.2) is 10.2 Å². The van der Waals surface area contributed by atoms with E-state index in [9.17, 15) is 9.90 Å². The summed E-state index contributed by atoms with van der Waals surface area (Å²) in [4.78, 5) is 11.4. The first-order chi connectivity index (χ1) is 11.2. The van der Waals surface area contributed by atoms with Gasteiger partial charge in [0, 0.05) is 29.6 Å². The Kier molecular flexibility index (Phi) is 3.10. The molecule has 114 valence electrons. The van der Waals surface area contributed by atoms with Crippen LogP contribution in [0.5, 0.6) is 0 Å². The third kappa shape index (κ3) is 2.09. The van der Waals surface area contributed by atoms with E-state index >= 15 is 0 Å². The van der Waals surface area contributed by atoms with Gasteiger partial charge in [-0.05, 0) is 35.3 Å². The van der Waals surface area contributed by atoms with Gasteiger partial charge in [0.15, 0.2) is 0 Å². The van der Waals surface area contributed by atoms with Crippen molar-refractivity contribution < 1.29 is 9.90 Å². The van der Waals surface area contributed by atoms with Gasteiger partial charge in [-0.2, -0.15) is 0 Å². The van der Waals surface area contributed by atoms with Crippen molar-refractivity contribution in [1.29, 1.82) is 0 Å². The van der Waals surface area contributed by atoms with Crippen molar-refractivity contribution in [3.05, 3.63) is 64.4 Å². The van der Waals surface area contributed by atoms with Crippen LogP contribution in [0.2, 0.25) is 0 Å². The number of hydrogen-bond donors (Lipinski definition) is 3. The third-order valence-electron chi connectivity index (χ3n) is 4.85. The molecule has 1 aliphatic heterocycles. The van der Waals surface area contributed by atoms with Gasteiger partial charge >= 0.3 is 5.97 Å². The molecule has 1 fully saturated rings. The Balaban J connectivity index is 1.76. The quantitative estimate of drug-likeness (QED) is 0.734. The highest BCUT2D eigenvalue weighted by molar-refractivity contribution is 5.94. The summed E-state index contributed by atoms with van der Waals surface area (Å²) < 4.78 is 0. The van der Waals surface area contributed by atoms with Crippen LogP contribution < -0.4 is 10.9 Å². The molecule has 1 saturated heterocycles. The normalized spacial score (nSPS) is 24.6. The van der Waals surface area contributed by atoms with E-state index in [0.717, 1.165) is 24.1 Å². The Morgan fingerprint density at radius 3 is 3.00 bits per heavy atom. The summed E-state index contributed by atoms with van der Waals surface area (Å²) in [6, 6.07) is 5.25. The average molecular weight is 304 g/mol. The molecule has 3 N–H and O–H groups in total. The number of carboxylic acid groups (broad SMARTS) is 1. The number of allylic oxidation sites excluding steroid dienone is 5. The lowest BCUT2D eigenvalue weighted by molar-refractivity contribution is 0.0696. The van der Waals surface area contributed by atoms with E-state index in [1.165, 1.54) is 11.3 Å². The van der Waals surface area contributed by atoms with Crippen molar-refractivity contribution in [3.63, 3.8) is 0 Å². The van der Waals surface area contributed by atoms with Gasteiger partial charge in [0.25, 0.3) is 0 Å². The van der Waals surface area contributed by atoms with E-state index in [2.05, 4.69) is 35.0 Å². The second kappa shape index (κ2) is 5.15. The fourth-order valence-corrected chi connectivity index (χ4v) is 3.73. The van der Waals surface area contributed by atoms with Gasteiger partial charge in [0.1, 0.15) is 0 Å². The van der Waals surface area contributed by atoms with E-state index in [0.29, 0.717) is 11.5 Å². The van der Waals surface area contributed by atoms with Gasteiger partial charge in [0.05, 0.1) is 5.56 Å². The molecule has 0 bridgehead atoms. The molecule has 2 unspecified atom stereocenters. The van der Waals surface area contributed by atoms with Crippen molar-refractivity contribution >= 4 is 11.5 Å². The van der Waals surface area contributed by atoms with Crippen LogP contribution in [0.4, 0.5) is 0 Å². The smallest absolute Gasteiger partial charge is 0.336 e. The van der Waals surface area contributed by atoms with Crippen LogP contribution in [0.15, 0.2) is 47.7 Å². The molecular weight excluding hydrogens is 288 g/mol. The highest BCUT2D eigenvalue weighted by atomic mass is 16.4. The standard InChI is InChI=1S/C19H16N2O2/c1-2-13-14(4-3-5-16(13)19(22)23)15-7-6-11-9-18-12(8-17(11)15)10-20-21-18/h1,3-7,9,12,17,20-21H,8,10H2,(H,22,23). The fraction of sp³-hybridized carbons (Fsp3) is 0.211. The summed E-state index contributed by atoms with van der Waals surface area (Å²) in [7, 11) is 0. The van der Waals surface area contributed by atoms with Crippen molar-refractivity contribution in [1.82, 2.24) is 10.9 Å². The number of terminal acetylenes is 1. The molecule has 1 aromatic rings. The first kappa shape index (κ1) is 13.9. The molecule has 1 aromatic carbocycles. The Morgan fingerprint density at radius 2 is 2.22 bits per heavy atom. The summed E-state index contributed by atoms with van der Waals surface area (Å²) in [5.41, 5.74) is 11.5. The molecule has 0 aromatic heterocycles. The highest BCUT2D eigenvalue weighted by Gasteiger charge is 2.35. The maximum absolute atomic E-state index is 11.4. The number of carboxylic acids is 1. The van der Waals surface area contributed by atoms with Crippen LogP contribution >= 0.6 is 0 Å². The topological polar surface area (TPSA) is 61.4 Å². The maximum atomic E-state index is 11.4. The highest BCUT2D eigenvalue weighted by Crippen LogP contribution is 2.45. The summed E-state index contributed by atoms with van der Waals surface area (Å²) in [5.74, 6) is 2.34. The predicted octanol–water partition coefficient (Wildman–Crippen LogP) is 2.32. The van der Waals surface area contributed by atoms with Crippen LogP contribution in [0, 0.1) is 24.2 Å². The second-order valence-electron chi connectivity index (χ2n) is 6.06. The van der Waals surface area contributed by atoms with Gasteiger partial charge in [-0.3, -0.25) is 0 Å². The fourth-order valence-electron chi connectivity index (χ4n) is 3.73. The monoisotopic (exact) mass is 304 g/mol. The number of benzene rings is 1. The minimum Gasteiger partial charge on any atom is -0.478 e. The van der Waals surface area contributed by atoms with Crippen LogP contribution in [0.3, 0.4) is 0 Å². The van der Waals surface area contributed by atoms with E-state index in [-0.39, 0.29) is 11.5 Å². The van der Waals surface area contributed by atoms with E-state index in [4.69, 9.17) is 6.42 Å². The minimum absolute atomic E-state index is 0.190. The molecule has 1 heterocycles. The van der Waals surface area contributed by atoms with Gasteiger partial charge in [-0.1, -0.05) is 30.2 Å². The minimum atomic E-state index is -0.985. The van der Waals surface area contributed by atoms with Gasteiger partial charge < -0.3 is 10.5 Å². The van der Waals surface area contributed by atoms with Crippen molar-refractivity contribution in [2.24, 2.45) is 11.8 Å². The number of carbonyl (C=O) groups is 1. The number of hydrogen-bond acceptors (Lipinski definition) is 3. The third-order valence-corrected chi connectivity index (χ3v) is 4.85. The van der Waals surface area contributed by atoms with Crippen LogP contribution in [-0.2, 0) is 0 Å². The lowest BCUT2D eigenvalue weighted by Crippen LogP contribution is -2.21.